The monoisotopic (exact) mass is 304 g/mol. The molecule has 22 heavy (non-hydrogen) atoms. The highest BCUT2D eigenvalue weighted by Crippen LogP contribution is 2.41. The van der Waals surface area contributed by atoms with Gasteiger partial charge >= 0.3 is 0 Å². The summed E-state index contributed by atoms with van der Waals surface area (Å²) in [6, 6.07) is 21.3. The summed E-state index contributed by atoms with van der Waals surface area (Å²) in [7, 11) is 2.08. The predicted molar refractivity (Wildman–Crippen MR) is 94.6 cm³/mol. The van der Waals surface area contributed by atoms with Crippen molar-refractivity contribution in [1.82, 2.24) is 5.32 Å². The van der Waals surface area contributed by atoms with Crippen LogP contribution in [0.25, 0.3) is 0 Å². The Morgan fingerprint density at radius 3 is 2.59 bits per heavy atom. The third kappa shape index (κ3) is 2.91. The van der Waals surface area contributed by atoms with Crippen molar-refractivity contribution in [3.05, 3.63) is 70.8 Å². The second-order valence-corrected chi connectivity index (χ2v) is 6.68. The van der Waals surface area contributed by atoms with E-state index < -0.39 is 0 Å². The van der Waals surface area contributed by atoms with Crippen molar-refractivity contribution in [3.8, 4) is 6.07 Å². The van der Waals surface area contributed by atoms with E-state index in [0.717, 1.165) is 15.5 Å². The van der Waals surface area contributed by atoms with E-state index in [1.165, 1.54) is 11.0 Å². The molecule has 0 bridgehead atoms. The molecule has 0 saturated carbocycles. The SMILES string of the molecule is Bc1cccc(SC2=C(C#N)C(C)C(c3ccccc3)N2)c1. The summed E-state index contributed by atoms with van der Waals surface area (Å²) in [5.74, 6) is 0.180. The maximum Gasteiger partial charge on any atom is 0.139 e. The molecule has 2 aromatic rings. The van der Waals surface area contributed by atoms with Crippen LogP contribution in [0, 0.1) is 17.2 Å². The Morgan fingerprint density at radius 1 is 1.14 bits per heavy atom. The Balaban J connectivity index is 1.87. The van der Waals surface area contributed by atoms with E-state index in [-0.39, 0.29) is 12.0 Å². The van der Waals surface area contributed by atoms with Gasteiger partial charge in [0, 0.05) is 10.8 Å². The molecule has 0 aromatic heterocycles. The Kier molecular flexibility index (Phi) is 4.26. The minimum Gasteiger partial charge on any atom is -0.371 e. The third-order valence-electron chi connectivity index (χ3n) is 3.98. The van der Waals surface area contributed by atoms with E-state index in [9.17, 15) is 5.26 Å². The van der Waals surface area contributed by atoms with Crippen LogP contribution in [-0.4, -0.2) is 7.85 Å². The Hall–Kier alpha value is -2.12. The highest BCUT2D eigenvalue weighted by atomic mass is 32.2. The molecule has 0 saturated heterocycles. The van der Waals surface area contributed by atoms with Crippen molar-refractivity contribution in [2.45, 2.75) is 17.9 Å². The normalized spacial score (nSPS) is 20.5. The Morgan fingerprint density at radius 2 is 1.91 bits per heavy atom. The van der Waals surface area contributed by atoms with Crippen molar-refractivity contribution in [2.24, 2.45) is 5.92 Å². The standard InChI is InChI=1S/C18H17BN2S/c1-12-16(11-20)18(22-15-9-5-8-14(19)10-15)21-17(12)13-6-3-2-4-7-13/h2-10,12,17,21H,19H2,1H3. The molecular formula is C18H17BN2S. The largest absolute Gasteiger partial charge is 0.371 e. The van der Waals surface area contributed by atoms with E-state index in [0.29, 0.717) is 0 Å². The molecule has 108 valence electrons. The molecule has 0 amide bonds. The van der Waals surface area contributed by atoms with E-state index in [1.807, 2.05) is 18.2 Å². The zero-order valence-corrected chi connectivity index (χ0v) is 13.5. The van der Waals surface area contributed by atoms with Gasteiger partial charge in [-0.25, -0.2) is 0 Å². The van der Waals surface area contributed by atoms with Crippen LogP contribution in [0.2, 0.25) is 0 Å². The van der Waals surface area contributed by atoms with Gasteiger partial charge in [0.15, 0.2) is 0 Å². The van der Waals surface area contributed by atoms with Gasteiger partial charge in [0.25, 0.3) is 0 Å². The van der Waals surface area contributed by atoms with Gasteiger partial charge in [-0.2, -0.15) is 5.26 Å². The zero-order chi connectivity index (χ0) is 15.5. The molecule has 1 N–H and O–H groups in total. The van der Waals surface area contributed by atoms with Crippen LogP contribution in [0.5, 0.6) is 0 Å². The summed E-state index contributed by atoms with van der Waals surface area (Å²) in [5.41, 5.74) is 3.30. The van der Waals surface area contributed by atoms with Crippen molar-refractivity contribution in [2.75, 3.05) is 0 Å². The number of rotatable bonds is 3. The number of hydrogen-bond donors (Lipinski definition) is 1. The van der Waals surface area contributed by atoms with Gasteiger partial charge in [-0.15, -0.1) is 0 Å². The minimum absolute atomic E-state index is 0.170. The van der Waals surface area contributed by atoms with E-state index in [1.54, 1.807) is 11.8 Å². The molecule has 0 radical (unpaired) electrons. The second-order valence-electron chi connectivity index (χ2n) is 5.59. The first-order valence-electron chi connectivity index (χ1n) is 7.39. The summed E-state index contributed by atoms with van der Waals surface area (Å²) >= 11 is 1.65. The van der Waals surface area contributed by atoms with Crippen molar-refractivity contribution >= 4 is 25.1 Å². The first-order valence-corrected chi connectivity index (χ1v) is 8.21. The maximum atomic E-state index is 9.54. The molecule has 2 aromatic carbocycles. The molecule has 3 rings (SSSR count). The minimum atomic E-state index is 0.170. The lowest BCUT2D eigenvalue weighted by molar-refractivity contribution is 0.529. The van der Waals surface area contributed by atoms with Gasteiger partial charge in [0.1, 0.15) is 7.85 Å². The van der Waals surface area contributed by atoms with Crippen molar-refractivity contribution < 1.29 is 0 Å². The van der Waals surface area contributed by atoms with Crippen LogP contribution in [0.1, 0.15) is 18.5 Å². The number of nitriles is 1. The fourth-order valence-corrected chi connectivity index (χ4v) is 3.94. The average Bonchev–Trinajstić information content (AvgIpc) is 2.84. The number of nitrogens with one attached hydrogen (secondary N) is 1. The van der Waals surface area contributed by atoms with Gasteiger partial charge in [-0.3, -0.25) is 0 Å². The predicted octanol–water partition coefficient (Wildman–Crippen LogP) is 2.75. The third-order valence-corrected chi connectivity index (χ3v) is 5.01. The van der Waals surface area contributed by atoms with Gasteiger partial charge in [0.2, 0.25) is 0 Å². The van der Waals surface area contributed by atoms with Crippen LogP contribution in [-0.2, 0) is 0 Å². The number of hydrogen-bond acceptors (Lipinski definition) is 3. The molecule has 0 spiro atoms. The summed E-state index contributed by atoms with van der Waals surface area (Å²) in [4.78, 5) is 1.16. The zero-order valence-electron chi connectivity index (χ0n) is 12.7. The van der Waals surface area contributed by atoms with Crippen LogP contribution in [0.15, 0.2) is 70.1 Å². The van der Waals surface area contributed by atoms with Crippen LogP contribution in [0.4, 0.5) is 0 Å². The lowest BCUT2D eigenvalue weighted by atomic mass is 9.92. The molecule has 2 nitrogen and oxygen atoms in total. The maximum absolute atomic E-state index is 9.54. The number of thioether (sulfide) groups is 1. The molecule has 2 unspecified atom stereocenters. The molecule has 1 heterocycles. The van der Waals surface area contributed by atoms with Gasteiger partial charge in [-0.1, -0.05) is 72.7 Å². The van der Waals surface area contributed by atoms with Crippen LogP contribution >= 0.6 is 11.8 Å². The lowest BCUT2D eigenvalue weighted by Gasteiger charge is -2.18. The van der Waals surface area contributed by atoms with E-state index >= 15 is 0 Å². The number of benzene rings is 2. The molecule has 2 atom stereocenters. The van der Waals surface area contributed by atoms with Gasteiger partial charge in [0.05, 0.1) is 22.7 Å². The van der Waals surface area contributed by atoms with E-state index in [4.69, 9.17) is 0 Å². The number of nitrogens with zero attached hydrogens (tertiary/aromatic N) is 1. The molecule has 0 fully saturated rings. The van der Waals surface area contributed by atoms with Crippen LogP contribution < -0.4 is 10.8 Å². The lowest BCUT2D eigenvalue weighted by Crippen LogP contribution is -2.17. The van der Waals surface area contributed by atoms with Gasteiger partial charge in [-0.05, 0) is 11.6 Å². The summed E-state index contributed by atoms with van der Waals surface area (Å²) in [6.07, 6.45) is 0. The van der Waals surface area contributed by atoms with E-state index in [2.05, 4.69) is 62.6 Å². The topological polar surface area (TPSA) is 35.8 Å². The Labute approximate surface area is 136 Å². The molecule has 1 aliphatic rings. The van der Waals surface area contributed by atoms with Crippen molar-refractivity contribution in [1.29, 1.82) is 5.26 Å². The fraction of sp³-hybridized carbons (Fsp3) is 0.167. The molecule has 1 aliphatic heterocycles. The summed E-state index contributed by atoms with van der Waals surface area (Å²) < 4.78 is 0. The summed E-state index contributed by atoms with van der Waals surface area (Å²) in [6.45, 7) is 2.12. The highest BCUT2D eigenvalue weighted by molar-refractivity contribution is 8.03. The fourth-order valence-electron chi connectivity index (χ4n) is 2.78. The molecule has 0 aliphatic carbocycles. The first kappa shape index (κ1) is 14.8. The summed E-state index contributed by atoms with van der Waals surface area (Å²) in [5, 5.41) is 14.1. The quantitative estimate of drug-likeness (QED) is 0.886. The second kappa shape index (κ2) is 6.33. The smallest absolute Gasteiger partial charge is 0.139 e. The van der Waals surface area contributed by atoms with Crippen LogP contribution in [0.3, 0.4) is 0 Å². The van der Waals surface area contributed by atoms with Gasteiger partial charge < -0.3 is 5.32 Å². The van der Waals surface area contributed by atoms with Crippen molar-refractivity contribution in [3.63, 3.8) is 0 Å². The molecule has 4 heteroatoms. The molecular weight excluding hydrogens is 287 g/mol. The Bertz CT molecular complexity index is 749. The average molecular weight is 304 g/mol. The highest BCUT2D eigenvalue weighted by Gasteiger charge is 2.32. The first-order chi connectivity index (χ1) is 10.7.